The van der Waals surface area contributed by atoms with Gasteiger partial charge in [0, 0.05) is 61.3 Å². The summed E-state index contributed by atoms with van der Waals surface area (Å²) in [6.07, 6.45) is 2.95. The summed E-state index contributed by atoms with van der Waals surface area (Å²) in [6, 6.07) is 9.52. The molecule has 3 aromatic rings. The summed E-state index contributed by atoms with van der Waals surface area (Å²) in [5, 5.41) is 14.8. The Morgan fingerprint density at radius 1 is 1.18 bits per heavy atom. The van der Waals surface area contributed by atoms with Crippen LogP contribution in [0.15, 0.2) is 23.7 Å². The first kappa shape index (κ1) is 32.0. The van der Waals surface area contributed by atoms with Gasteiger partial charge in [0.25, 0.3) is 0 Å². The van der Waals surface area contributed by atoms with E-state index in [4.69, 9.17) is 0 Å². The van der Waals surface area contributed by atoms with Crippen LogP contribution in [0.1, 0.15) is 63.3 Å². The van der Waals surface area contributed by atoms with Crippen LogP contribution in [-0.2, 0) is 27.7 Å². The number of anilines is 2. The van der Waals surface area contributed by atoms with E-state index in [0.29, 0.717) is 43.5 Å². The van der Waals surface area contributed by atoms with E-state index in [-0.39, 0.29) is 23.0 Å². The summed E-state index contributed by atoms with van der Waals surface area (Å²) in [5.74, 6) is 1.69. The predicted molar refractivity (Wildman–Crippen MR) is 180 cm³/mol. The first-order valence-corrected chi connectivity index (χ1v) is 18.9. The Kier molecular flexibility index (Phi) is 9.26. The molecule has 1 N–H and O–H groups in total. The molecule has 242 valence electrons. The van der Waals surface area contributed by atoms with Gasteiger partial charge >= 0.3 is 0 Å². The molecule has 1 amide bonds. The second-order valence-corrected chi connectivity index (χ2v) is 16.4. The van der Waals surface area contributed by atoms with Gasteiger partial charge in [-0.05, 0) is 81.9 Å². The van der Waals surface area contributed by atoms with Crippen molar-refractivity contribution < 1.29 is 13.2 Å². The molecule has 0 aliphatic carbocycles. The fourth-order valence-electron chi connectivity index (χ4n) is 7.68. The van der Waals surface area contributed by atoms with Crippen LogP contribution < -0.4 is 10.2 Å². The van der Waals surface area contributed by atoms with Crippen LogP contribution in [0.5, 0.6) is 0 Å². The number of fused-ring (bicyclic) bond motifs is 2. The fraction of sp³-hybridized carbons (Fsp3) is 0.606. The number of aryl methyl sites for hydroxylation is 1. The van der Waals surface area contributed by atoms with Crippen molar-refractivity contribution in [1.82, 2.24) is 19.4 Å². The van der Waals surface area contributed by atoms with Crippen LogP contribution in [0.25, 0.3) is 10.9 Å². The molecule has 6 rings (SSSR count). The lowest BCUT2D eigenvalue weighted by molar-refractivity contribution is -0.115. The van der Waals surface area contributed by atoms with Gasteiger partial charge in [0.05, 0.1) is 10.8 Å². The van der Waals surface area contributed by atoms with Crippen LogP contribution in [0.2, 0.25) is 0 Å². The van der Waals surface area contributed by atoms with Crippen molar-refractivity contribution in [2.24, 2.45) is 5.92 Å². The molecule has 45 heavy (non-hydrogen) atoms. The number of carbonyl (C=O) groups excluding carboxylic acids is 1. The maximum Gasteiger partial charge on any atom is 0.224 e. The number of carbonyl (C=O) groups is 1. The Morgan fingerprint density at radius 2 is 1.96 bits per heavy atom. The minimum Gasteiger partial charge on any atom is -0.352 e. The lowest BCUT2D eigenvalue weighted by Gasteiger charge is -2.36. The summed E-state index contributed by atoms with van der Waals surface area (Å²) in [7, 11) is -3.00. The summed E-state index contributed by atoms with van der Waals surface area (Å²) in [6.45, 7) is 14.0. The number of nitriles is 1. The molecule has 3 atom stereocenters. The van der Waals surface area contributed by atoms with Gasteiger partial charge in [-0.25, -0.2) is 13.4 Å². The smallest absolute Gasteiger partial charge is 0.224 e. The SMILES string of the molecule is CCC(=O)Nc1scnc1N1CC2CCN(Cc3ccc4c(cc(C#N)n4CC(C)N4CCC(S(=O)(=O)CC)CC4)c3C)C2C1. The topological polar surface area (TPSA) is 115 Å². The van der Waals surface area contributed by atoms with Gasteiger partial charge in [-0.2, -0.15) is 5.26 Å². The largest absolute Gasteiger partial charge is 0.352 e. The number of benzene rings is 1. The maximum absolute atomic E-state index is 12.4. The molecular formula is C33H45N7O3S2. The van der Waals surface area contributed by atoms with Gasteiger partial charge < -0.3 is 14.8 Å². The van der Waals surface area contributed by atoms with E-state index in [2.05, 4.69) is 61.6 Å². The zero-order valence-electron chi connectivity index (χ0n) is 26.8. The van der Waals surface area contributed by atoms with Crippen molar-refractivity contribution in [3.63, 3.8) is 0 Å². The number of nitrogens with one attached hydrogen (secondary N) is 1. The van der Waals surface area contributed by atoms with Crippen molar-refractivity contribution in [3.8, 4) is 6.07 Å². The van der Waals surface area contributed by atoms with Gasteiger partial charge in [-0.15, -0.1) is 11.3 Å². The number of thiazole rings is 1. The monoisotopic (exact) mass is 651 g/mol. The molecule has 12 heteroatoms. The molecule has 0 bridgehead atoms. The average molecular weight is 652 g/mol. The van der Waals surface area contributed by atoms with E-state index >= 15 is 0 Å². The van der Waals surface area contributed by atoms with Crippen LogP contribution in [0.3, 0.4) is 0 Å². The molecule has 3 aliphatic rings. The van der Waals surface area contributed by atoms with Crippen LogP contribution in [0, 0.1) is 24.2 Å². The summed E-state index contributed by atoms with van der Waals surface area (Å²) in [5.41, 5.74) is 6.08. The van der Waals surface area contributed by atoms with Crippen molar-refractivity contribution in [3.05, 3.63) is 40.5 Å². The molecule has 0 radical (unpaired) electrons. The highest BCUT2D eigenvalue weighted by Gasteiger charge is 2.42. The number of piperidine rings is 1. The molecule has 3 fully saturated rings. The Balaban J connectivity index is 1.14. The van der Waals surface area contributed by atoms with E-state index in [9.17, 15) is 18.5 Å². The van der Waals surface area contributed by atoms with E-state index in [0.717, 1.165) is 67.4 Å². The van der Waals surface area contributed by atoms with E-state index in [1.54, 1.807) is 6.92 Å². The highest BCUT2D eigenvalue weighted by molar-refractivity contribution is 7.92. The number of nitrogens with zero attached hydrogens (tertiary/aromatic N) is 6. The van der Waals surface area contributed by atoms with Crippen molar-refractivity contribution in [2.45, 2.75) is 83.8 Å². The second-order valence-electron chi connectivity index (χ2n) is 13.0. The summed E-state index contributed by atoms with van der Waals surface area (Å²) < 4.78 is 26.9. The summed E-state index contributed by atoms with van der Waals surface area (Å²) >= 11 is 1.48. The van der Waals surface area contributed by atoms with Gasteiger partial charge in [0.1, 0.15) is 16.8 Å². The molecule has 1 aromatic carbocycles. The average Bonchev–Trinajstić information content (AvgIpc) is 3.83. The van der Waals surface area contributed by atoms with Crippen LogP contribution >= 0.6 is 11.3 Å². The Bertz CT molecular complexity index is 1700. The first-order valence-electron chi connectivity index (χ1n) is 16.3. The molecule has 2 aromatic heterocycles. The normalized spacial score (nSPS) is 22.2. The Morgan fingerprint density at radius 3 is 2.67 bits per heavy atom. The molecule has 0 saturated carbocycles. The van der Waals surface area contributed by atoms with Crippen LogP contribution in [-0.4, -0.2) is 89.5 Å². The zero-order valence-corrected chi connectivity index (χ0v) is 28.5. The molecule has 10 nitrogen and oxygen atoms in total. The van der Waals surface area contributed by atoms with Crippen molar-refractivity contribution >= 4 is 48.8 Å². The number of hydrogen-bond acceptors (Lipinski definition) is 9. The molecule has 3 unspecified atom stereocenters. The number of hydrogen-bond donors (Lipinski definition) is 1. The van der Waals surface area contributed by atoms with Crippen molar-refractivity contribution in [2.75, 3.05) is 48.7 Å². The van der Waals surface area contributed by atoms with Crippen molar-refractivity contribution in [1.29, 1.82) is 5.26 Å². The fourth-order valence-corrected chi connectivity index (χ4v) is 9.79. The highest BCUT2D eigenvalue weighted by Crippen LogP contribution is 2.39. The lowest BCUT2D eigenvalue weighted by Crippen LogP contribution is -2.45. The Hall–Kier alpha value is -2.98. The highest BCUT2D eigenvalue weighted by atomic mass is 32.2. The standard InChI is InChI=1S/C33H45N7O3S2/c1-5-31(41)36-33-32(35-21-44-33)39-19-25-9-12-38(30(25)20-39)18-24-7-8-29-28(23(24)4)15-26(16-34)40(29)17-22(3)37-13-10-27(11-14-37)45(42,43)6-2/h7-8,15,21-22,25,27,30H,5-6,9-14,17-20H2,1-4H3,(H,36,41). The quantitative estimate of drug-likeness (QED) is 0.338. The number of sulfone groups is 1. The number of amides is 1. The van der Waals surface area contributed by atoms with Crippen LogP contribution in [0.4, 0.5) is 10.8 Å². The van der Waals surface area contributed by atoms with Gasteiger partial charge in [0.15, 0.2) is 15.7 Å². The third kappa shape index (κ3) is 6.24. The Labute approximate surface area is 270 Å². The van der Waals surface area contributed by atoms with Gasteiger partial charge in [0.2, 0.25) is 5.91 Å². The molecule has 3 aliphatic heterocycles. The minimum atomic E-state index is -3.00. The number of likely N-dealkylation sites (tertiary alicyclic amines) is 2. The van der Waals surface area contributed by atoms with Gasteiger partial charge in [-0.3, -0.25) is 14.6 Å². The third-order valence-electron chi connectivity index (χ3n) is 10.5. The maximum atomic E-state index is 12.4. The lowest BCUT2D eigenvalue weighted by atomic mass is 10.0. The second kappa shape index (κ2) is 13.0. The molecule has 0 spiro atoms. The van der Waals surface area contributed by atoms with E-state index in [1.165, 1.54) is 22.5 Å². The van der Waals surface area contributed by atoms with E-state index in [1.807, 2.05) is 18.5 Å². The molecule has 5 heterocycles. The van der Waals surface area contributed by atoms with Gasteiger partial charge in [-0.1, -0.05) is 19.9 Å². The third-order valence-corrected chi connectivity index (χ3v) is 13.5. The number of aromatic nitrogens is 2. The van der Waals surface area contributed by atoms with E-state index < -0.39 is 9.84 Å². The minimum absolute atomic E-state index is 0.0138. The number of rotatable bonds is 10. The first-order chi connectivity index (χ1) is 21.6. The molecular weight excluding hydrogens is 607 g/mol. The molecule has 3 saturated heterocycles. The zero-order chi connectivity index (χ0) is 31.9. The predicted octanol–water partition coefficient (Wildman–Crippen LogP) is 4.62. The summed E-state index contributed by atoms with van der Waals surface area (Å²) in [4.78, 5) is 24.0.